The molecule has 2 saturated heterocycles. The first-order valence-electron chi connectivity index (χ1n) is 11.3. The van der Waals surface area contributed by atoms with Crippen molar-refractivity contribution in [1.29, 1.82) is 0 Å². The number of ether oxygens (including phenoxy) is 1. The highest BCUT2D eigenvalue weighted by Crippen LogP contribution is 2.53. The molecule has 6 rings (SSSR count). The number of hydrogen-bond acceptors (Lipinski definition) is 5. The van der Waals surface area contributed by atoms with Crippen molar-refractivity contribution in [2.45, 2.75) is 11.7 Å². The number of halogens is 2. The summed E-state index contributed by atoms with van der Waals surface area (Å²) in [6.07, 6.45) is 2.40. The van der Waals surface area contributed by atoms with Crippen LogP contribution < -0.4 is 4.90 Å². The molecule has 0 radical (unpaired) electrons. The molecule has 1 spiro atoms. The summed E-state index contributed by atoms with van der Waals surface area (Å²) >= 11 is 12.2. The van der Waals surface area contributed by atoms with Gasteiger partial charge in [-0.25, -0.2) is 4.90 Å². The molecule has 3 unspecified atom stereocenters. The smallest absolute Gasteiger partial charge is 0.241 e. The molecule has 36 heavy (non-hydrogen) atoms. The lowest BCUT2D eigenvalue weighted by atomic mass is 9.78. The second-order valence-corrected chi connectivity index (χ2v) is 9.72. The van der Waals surface area contributed by atoms with Crippen molar-refractivity contribution in [2.24, 2.45) is 11.8 Å². The Morgan fingerprint density at radius 2 is 1.42 bits per heavy atom. The van der Waals surface area contributed by atoms with E-state index in [0.29, 0.717) is 0 Å². The number of nitrogens with zero attached hydrogens (tertiary/aromatic N) is 1. The number of carbonyl (C=O) groups is 4. The molecule has 2 fully saturated rings. The van der Waals surface area contributed by atoms with Gasteiger partial charge in [-0.15, -0.1) is 0 Å². The van der Waals surface area contributed by atoms with Gasteiger partial charge >= 0.3 is 0 Å². The van der Waals surface area contributed by atoms with Gasteiger partial charge in [-0.1, -0.05) is 90.0 Å². The van der Waals surface area contributed by atoms with Gasteiger partial charge in [-0.05, 0) is 23.8 Å². The van der Waals surface area contributed by atoms with E-state index >= 15 is 0 Å². The zero-order valence-corrected chi connectivity index (χ0v) is 20.1. The van der Waals surface area contributed by atoms with E-state index in [9.17, 15) is 19.2 Å². The van der Waals surface area contributed by atoms with Gasteiger partial charge in [0.15, 0.2) is 0 Å². The molecule has 0 bridgehead atoms. The van der Waals surface area contributed by atoms with Gasteiger partial charge in [0.1, 0.15) is 0 Å². The highest BCUT2D eigenvalue weighted by Gasteiger charge is 2.74. The average molecular weight is 518 g/mol. The molecule has 3 aromatic carbocycles. The molecule has 3 atom stereocenters. The number of benzene rings is 3. The number of imide groups is 1. The highest BCUT2D eigenvalue weighted by atomic mass is 35.5. The summed E-state index contributed by atoms with van der Waals surface area (Å²) in [5.74, 6) is -4.86. The van der Waals surface area contributed by atoms with Crippen molar-refractivity contribution >= 4 is 58.3 Å². The third-order valence-electron chi connectivity index (χ3n) is 7.00. The van der Waals surface area contributed by atoms with Crippen LogP contribution in [-0.2, 0) is 14.3 Å². The van der Waals surface area contributed by atoms with Crippen LogP contribution in [0, 0.1) is 11.8 Å². The Bertz CT molecular complexity index is 1460. The Labute approximate surface area is 216 Å². The zero-order chi connectivity index (χ0) is 25.2. The van der Waals surface area contributed by atoms with Crippen LogP contribution in [0.5, 0.6) is 0 Å². The fraction of sp³-hybridized carbons (Fsp3) is 0.143. The van der Waals surface area contributed by atoms with Gasteiger partial charge in [0.05, 0.1) is 33.7 Å². The minimum Gasteiger partial charge on any atom is -0.350 e. The molecule has 8 heteroatoms. The van der Waals surface area contributed by atoms with Crippen LogP contribution in [0.3, 0.4) is 0 Å². The van der Waals surface area contributed by atoms with Gasteiger partial charge in [0, 0.05) is 11.1 Å². The quantitative estimate of drug-likeness (QED) is 0.359. The summed E-state index contributed by atoms with van der Waals surface area (Å²) in [7, 11) is 0. The predicted octanol–water partition coefficient (Wildman–Crippen LogP) is 5.03. The molecule has 6 nitrogen and oxygen atoms in total. The maximum Gasteiger partial charge on any atom is 0.241 e. The van der Waals surface area contributed by atoms with Crippen molar-refractivity contribution in [3.05, 3.63) is 106 Å². The van der Waals surface area contributed by atoms with Crippen LogP contribution in [0.4, 0.5) is 5.69 Å². The second kappa shape index (κ2) is 8.23. The molecule has 2 aliphatic heterocycles. The molecule has 3 aliphatic rings. The lowest BCUT2D eigenvalue weighted by molar-refractivity contribution is -0.126. The zero-order valence-electron chi connectivity index (χ0n) is 18.6. The number of fused-ring (bicyclic) bond motifs is 3. The van der Waals surface area contributed by atoms with Crippen LogP contribution in [0.15, 0.2) is 78.9 Å². The Balaban J connectivity index is 1.49. The van der Waals surface area contributed by atoms with Crippen molar-refractivity contribution in [3.8, 4) is 0 Å². The average Bonchev–Trinajstić information content (AvgIpc) is 3.45. The molecule has 0 saturated carbocycles. The third kappa shape index (κ3) is 3.08. The maximum absolute atomic E-state index is 13.8. The summed E-state index contributed by atoms with van der Waals surface area (Å²) in [6, 6.07) is 20.1. The largest absolute Gasteiger partial charge is 0.350 e. The van der Waals surface area contributed by atoms with Gasteiger partial charge in [-0.3, -0.25) is 19.2 Å². The first-order valence-corrected chi connectivity index (χ1v) is 12.0. The first-order chi connectivity index (χ1) is 17.3. The van der Waals surface area contributed by atoms with E-state index in [4.69, 9.17) is 27.9 Å². The summed E-state index contributed by atoms with van der Waals surface area (Å²) in [6.45, 7) is 0. The highest BCUT2D eigenvalue weighted by molar-refractivity contribution is 6.42. The van der Waals surface area contributed by atoms with E-state index in [-0.39, 0.29) is 26.9 Å². The van der Waals surface area contributed by atoms with Crippen LogP contribution in [-0.4, -0.2) is 35.1 Å². The summed E-state index contributed by atoms with van der Waals surface area (Å²) in [4.78, 5) is 55.9. The molecule has 178 valence electrons. The number of hydrogen-bond donors (Lipinski definition) is 0. The summed E-state index contributed by atoms with van der Waals surface area (Å²) in [5.41, 5.74) is -0.698. The van der Waals surface area contributed by atoms with Gasteiger partial charge in [0.2, 0.25) is 29.0 Å². The number of Topliss-reactive ketones (excluding diaryl/α,β-unsaturated/α-hetero) is 2. The van der Waals surface area contributed by atoms with Crippen LogP contribution >= 0.6 is 23.2 Å². The third-order valence-corrected chi connectivity index (χ3v) is 7.73. The van der Waals surface area contributed by atoms with Gasteiger partial charge in [0.25, 0.3) is 0 Å². The standard InChI is InChI=1S/C28H17Cl2NO5/c29-19-12-11-16(14-20(19)30)31-26(34)22-21(13-10-15-6-2-1-3-7-15)36-28(23(22)27(31)35)24(32)17-8-4-5-9-18(17)25(28)33/h1-14,21-23H/b13-10+. The van der Waals surface area contributed by atoms with E-state index in [1.54, 1.807) is 24.3 Å². The van der Waals surface area contributed by atoms with E-state index in [0.717, 1.165) is 10.5 Å². The lowest BCUT2D eigenvalue weighted by Gasteiger charge is -2.26. The molecule has 2 amide bonds. The monoisotopic (exact) mass is 517 g/mol. The Morgan fingerprint density at radius 1 is 0.778 bits per heavy atom. The summed E-state index contributed by atoms with van der Waals surface area (Å²) in [5, 5.41) is 0.429. The Kier molecular flexibility index (Phi) is 5.23. The van der Waals surface area contributed by atoms with Crippen molar-refractivity contribution in [2.75, 3.05) is 4.90 Å². The number of rotatable bonds is 3. The Morgan fingerprint density at radius 3 is 2.06 bits per heavy atom. The molecule has 2 heterocycles. The molecule has 0 aromatic heterocycles. The number of amides is 2. The van der Waals surface area contributed by atoms with E-state index < -0.39 is 46.9 Å². The molecule has 1 aliphatic carbocycles. The molecular weight excluding hydrogens is 501 g/mol. The predicted molar refractivity (Wildman–Crippen MR) is 134 cm³/mol. The second-order valence-electron chi connectivity index (χ2n) is 8.91. The first kappa shape index (κ1) is 22.9. The fourth-order valence-corrected chi connectivity index (χ4v) is 5.68. The normalized spacial score (nSPS) is 24.3. The van der Waals surface area contributed by atoms with E-state index in [1.807, 2.05) is 30.3 Å². The van der Waals surface area contributed by atoms with Crippen molar-refractivity contribution in [1.82, 2.24) is 0 Å². The maximum atomic E-state index is 13.8. The minimum atomic E-state index is -2.11. The SMILES string of the molecule is O=C1C2C(/C=C/c3ccccc3)OC3(C(=O)c4ccccc4C3=O)C2C(=O)N1c1ccc(Cl)c(Cl)c1. The molecule has 3 aromatic rings. The minimum absolute atomic E-state index is 0.165. The molecule has 0 N–H and O–H groups in total. The van der Waals surface area contributed by atoms with E-state index in [2.05, 4.69) is 0 Å². The topological polar surface area (TPSA) is 80.8 Å². The summed E-state index contributed by atoms with van der Waals surface area (Å²) < 4.78 is 6.17. The number of ketones is 2. The van der Waals surface area contributed by atoms with Crippen LogP contribution in [0.1, 0.15) is 26.3 Å². The van der Waals surface area contributed by atoms with Crippen molar-refractivity contribution in [3.63, 3.8) is 0 Å². The van der Waals surface area contributed by atoms with Crippen LogP contribution in [0.2, 0.25) is 10.0 Å². The van der Waals surface area contributed by atoms with Gasteiger partial charge < -0.3 is 4.74 Å². The van der Waals surface area contributed by atoms with Gasteiger partial charge in [-0.2, -0.15) is 0 Å². The Hall–Kier alpha value is -3.58. The van der Waals surface area contributed by atoms with Crippen molar-refractivity contribution < 1.29 is 23.9 Å². The number of anilines is 1. The molecular formula is C28H17Cl2NO5. The van der Waals surface area contributed by atoms with E-state index in [1.165, 1.54) is 30.3 Å². The fourth-order valence-electron chi connectivity index (χ4n) is 5.39. The lowest BCUT2D eigenvalue weighted by Crippen LogP contribution is -2.51. The number of carbonyl (C=O) groups excluding carboxylic acids is 4. The van der Waals surface area contributed by atoms with Crippen LogP contribution in [0.25, 0.3) is 6.08 Å².